The molecule has 0 aliphatic rings. The van der Waals surface area contributed by atoms with Crippen LogP contribution in [0.15, 0.2) is 12.4 Å². The van der Waals surface area contributed by atoms with E-state index in [9.17, 15) is 5.11 Å². The predicted molar refractivity (Wildman–Crippen MR) is 66.6 cm³/mol. The van der Waals surface area contributed by atoms with Crippen LogP contribution in [-0.4, -0.2) is 52.2 Å². The second-order valence-electron chi connectivity index (χ2n) is 4.75. The Kier molecular flexibility index (Phi) is 5.61. The number of hydrogen-bond acceptors (Lipinski definition) is 4. The average molecular weight is 241 g/mol. The number of aryl methyl sites for hydroxylation is 1. The SMILES string of the molecule is CC(C)OCC(O)CN(C)Cc1cnn(C)c1. The molecule has 0 aliphatic carbocycles. The summed E-state index contributed by atoms with van der Waals surface area (Å²) in [7, 11) is 3.88. The first-order chi connectivity index (χ1) is 7.97. The second-order valence-corrected chi connectivity index (χ2v) is 4.75. The fraction of sp³-hybridized carbons (Fsp3) is 0.750. The van der Waals surface area contributed by atoms with Crippen molar-refractivity contribution in [3.05, 3.63) is 18.0 Å². The van der Waals surface area contributed by atoms with E-state index >= 15 is 0 Å². The minimum absolute atomic E-state index is 0.160. The number of aliphatic hydroxyl groups excluding tert-OH is 1. The Morgan fingerprint density at radius 2 is 2.24 bits per heavy atom. The van der Waals surface area contributed by atoms with Gasteiger partial charge in [-0.15, -0.1) is 0 Å². The van der Waals surface area contributed by atoms with Gasteiger partial charge in [-0.3, -0.25) is 9.58 Å². The quantitative estimate of drug-likeness (QED) is 0.761. The Morgan fingerprint density at radius 3 is 2.76 bits per heavy atom. The van der Waals surface area contributed by atoms with Crippen LogP contribution in [0.2, 0.25) is 0 Å². The molecule has 1 heterocycles. The number of nitrogens with zero attached hydrogens (tertiary/aromatic N) is 3. The fourth-order valence-electron chi connectivity index (χ4n) is 1.65. The number of rotatable bonds is 7. The standard InChI is InChI=1S/C12H23N3O2/c1-10(2)17-9-12(16)8-14(3)6-11-5-13-15(4)7-11/h5,7,10,12,16H,6,8-9H2,1-4H3. The summed E-state index contributed by atoms with van der Waals surface area (Å²) in [5.74, 6) is 0. The van der Waals surface area contributed by atoms with E-state index in [1.165, 1.54) is 0 Å². The third-order valence-electron chi connectivity index (χ3n) is 2.36. The van der Waals surface area contributed by atoms with Gasteiger partial charge in [0.05, 0.1) is 25.0 Å². The molecule has 0 saturated heterocycles. The number of hydrogen-bond donors (Lipinski definition) is 1. The molecule has 1 atom stereocenters. The van der Waals surface area contributed by atoms with E-state index in [1.807, 2.05) is 40.3 Å². The Morgan fingerprint density at radius 1 is 1.53 bits per heavy atom. The Labute approximate surface area is 103 Å². The van der Waals surface area contributed by atoms with Gasteiger partial charge in [0, 0.05) is 31.9 Å². The molecule has 0 radical (unpaired) electrons. The molecule has 1 rings (SSSR count). The van der Waals surface area contributed by atoms with E-state index in [-0.39, 0.29) is 6.10 Å². The van der Waals surface area contributed by atoms with Crippen LogP contribution < -0.4 is 0 Å². The van der Waals surface area contributed by atoms with Gasteiger partial charge in [0.25, 0.3) is 0 Å². The number of aliphatic hydroxyl groups is 1. The van der Waals surface area contributed by atoms with Crippen molar-refractivity contribution in [3.8, 4) is 0 Å². The Balaban J connectivity index is 2.26. The highest BCUT2D eigenvalue weighted by molar-refractivity contribution is 5.02. The van der Waals surface area contributed by atoms with Gasteiger partial charge in [0.1, 0.15) is 0 Å². The van der Waals surface area contributed by atoms with Crippen LogP contribution in [0.25, 0.3) is 0 Å². The molecule has 0 amide bonds. The lowest BCUT2D eigenvalue weighted by molar-refractivity contribution is -0.00634. The molecule has 0 aromatic carbocycles. The third kappa shape index (κ3) is 5.81. The Bertz CT molecular complexity index is 325. The second kappa shape index (κ2) is 6.74. The van der Waals surface area contributed by atoms with E-state index in [1.54, 1.807) is 4.68 Å². The van der Waals surface area contributed by atoms with E-state index in [2.05, 4.69) is 10.00 Å². The molecule has 1 N–H and O–H groups in total. The topological polar surface area (TPSA) is 50.5 Å². The largest absolute Gasteiger partial charge is 0.389 e. The maximum absolute atomic E-state index is 9.76. The molecule has 1 aromatic rings. The monoisotopic (exact) mass is 241 g/mol. The molecular weight excluding hydrogens is 218 g/mol. The molecule has 17 heavy (non-hydrogen) atoms. The molecule has 0 spiro atoms. The first kappa shape index (κ1) is 14.2. The maximum atomic E-state index is 9.76. The van der Waals surface area contributed by atoms with Crippen LogP contribution in [0.3, 0.4) is 0 Å². The van der Waals surface area contributed by atoms with Crippen LogP contribution in [0, 0.1) is 0 Å². The summed E-state index contributed by atoms with van der Waals surface area (Å²) in [5.41, 5.74) is 1.15. The summed E-state index contributed by atoms with van der Waals surface area (Å²) in [6.45, 7) is 5.70. The van der Waals surface area contributed by atoms with Crippen molar-refractivity contribution in [1.29, 1.82) is 0 Å². The Hall–Kier alpha value is -0.910. The molecule has 1 unspecified atom stereocenters. The summed E-state index contributed by atoms with van der Waals surface area (Å²) in [6.07, 6.45) is 3.54. The molecule has 5 heteroatoms. The van der Waals surface area contributed by atoms with Crippen molar-refractivity contribution < 1.29 is 9.84 Å². The molecule has 5 nitrogen and oxygen atoms in total. The lowest BCUT2D eigenvalue weighted by Gasteiger charge is -2.20. The van der Waals surface area contributed by atoms with Crippen LogP contribution in [0.1, 0.15) is 19.4 Å². The minimum Gasteiger partial charge on any atom is -0.389 e. The van der Waals surface area contributed by atoms with Gasteiger partial charge < -0.3 is 9.84 Å². The van der Waals surface area contributed by atoms with Crippen molar-refractivity contribution in [1.82, 2.24) is 14.7 Å². The number of likely N-dealkylation sites (N-methyl/N-ethyl adjacent to an activating group) is 1. The summed E-state index contributed by atoms with van der Waals surface area (Å²) in [5, 5.41) is 13.9. The summed E-state index contributed by atoms with van der Waals surface area (Å²) in [4.78, 5) is 2.06. The zero-order valence-electron chi connectivity index (χ0n) is 11.1. The van der Waals surface area contributed by atoms with Gasteiger partial charge in [-0.2, -0.15) is 5.10 Å². The van der Waals surface area contributed by atoms with Crippen molar-refractivity contribution in [2.75, 3.05) is 20.2 Å². The third-order valence-corrected chi connectivity index (χ3v) is 2.36. The lowest BCUT2D eigenvalue weighted by atomic mass is 10.3. The lowest BCUT2D eigenvalue weighted by Crippen LogP contribution is -2.32. The zero-order valence-corrected chi connectivity index (χ0v) is 11.1. The van der Waals surface area contributed by atoms with Crippen molar-refractivity contribution in [3.63, 3.8) is 0 Å². The van der Waals surface area contributed by atoms with Crippen LogP contribution >= 0.6 is 0 Å². The van der Waals surface area contributed by atoms with Gasteiger partial charge >= 0.3 is 0 Å². The highest BCUT2D eigenvalue weighted by Gasteiger charge is 2.10. The van der Waals surface area contributed by atoms with Crippen LogP contribution in [0.5, 0.6) is 0 Å². The number of aromatic nitrogens is 2. The molecule has 0 bridgehead atoms. The zero-order chi connectivity index (χ0) is 12.8. The molecule has 98 valence electrons. The van der Waals surface area contributed by atoms with Gasteiger partial charge in [0.2, 0.25) is 0 Å². The van der Waals surface area contributed by atoms with E-state index in [4.69, 9.17) is 4.74 Å². The highest BCUT2D eigenvalue weighted by atomic mass is 16.5. The van der Waals surface area contributed by atoms with E-state index in [0.717, 1.165) is 12.1 Å². The van der Waals surface area contributed by atoms with E-state index < -0.39 is 6.10 Å². The average Bonchev–Trinajstić information content (AvgIpc) is 2.60. The summed E-state index contributed by atoms with van der Waals surface area (Å²) in [6, 6.07) is 0. The van der Waals surface area contributed by atoms with Crippen LogP contribution in [0.4, 0.5) is 0 Å². The summed E-state index contributed by atoms with van der Waals surface area (Å²) >= 11 is 0. The first-order valence-electron chi connectivity index (χ1n) is 5.93. The molecule has 0 saturated carbocycles. The van der Waals surface area contributed by atoms with Crippen molar-refractivity contribution in [2.45, 2.75) is 32.6 Å². The van der Waals surface area contributed by atoms with Crippen LogP contribution in [-0.2, 0) is 18.3 Å². The number of ether oxygens (including phenoxy) is 1. The van der Waals surface area contributed by atoms with Crippen molar-refractivity contribution >= 4 is 0 Å². The van der Waals surface area contributed by atoms with E-state index in [0.29, 0.717) is 13.2 Å². The maximum Gasteiger partial charge on any atom is 0.0900 e. The molecule has 0 fully saturated rings. The predicted octanol–water partition coefficient (Wildman–Crippen LogP) is 0.638. The van der Waals surface area contributed by atoms with Gasteiger partial charge in [-0.1, -0.05) is 0 Å². The molecule has 0 aliphatic heterocycles. The highest BCUT2D eigenvalue weighted by Crippen LogP contribution is 2.02. The fourth-order valence-corrected chi connectivity index (χ4v) is 1.65. The minimum atomic E-state index is -0.445. The summed E-state index contributed by atoms with van der Waals surface area (Å²) < 4.78 is 7.14. The normalized spacial score (nSPS) is 13.6. The van der Waals surface area contributed by atoms with Gasteiger partial charge in [0.15, 0.2) is 0 Å². The first-order valence-corrected chi connectivity index (χ1v) is 5.93. The smallest absolute Gasteiger partial charge is 0.0900 e. The molecular formula is C12H23N3O2. The molecule has 1 aromatic heterocycles. The van der Waals surface area contributed by atoms with Gasteiger partial charge in [-0.05, 0) is 20.9 Å². The van der Waals surface area contributed by atoms with Gasteiger partial charge in [-0.25, -0.2) is 0 Å². The van der Waals surface area contributed by atoms with Crippen molar-refractivity contribution in [2.24, 2.45) is 7.05 Å².